The van der Waals surface area contributed by atoms with Crippen LogP contribution in [0, 0.1) is 5.92 Å². The Kier molecular flexibility index (Phi) is 7.39. The van der Waals surface area contributed by atoms with Crippen LogP contribution in [0.3, 0.4) is 0 Å². The summed E-state index contributed by atoms with van der Waals surface area (Å²) < 4.78 is 11.5. The molecule has 0 unspecified atom stereocenters. The molecule has 2 rings (SSSR count). The molecule has 2 aliphatic heterocycles. The van der Waals surface area contributed by atoms with Crippen molar-refractivity contribution in [2.24, 2.45) is 5.92 Å². The van der Waals surface area contributed by atoms with Crippen LogP contribution in [0.2, 0.25) is 0 Å². The molecule has 0 aliphatic carbocycles. The fourth-order valence-corrected chi connectivity index (χ4v) is 4.56. The van der Waals surface area contributed by atoms with E-state index in [2.05, 4.69) is 6.58 Å². The van der Waals surface area contributed by atoms with Crippen LogP contribution in [0.25, 0.3) is 0 Å². The van der Waals surface area contributed by atoms with Crippen LogP contribution in [0.1, 0.15) is 72.6 Å². The number of hydrogen-bond acceptors (Lipinski definition) is 7. The predicted molar refractivity (Wildman–Crippen MR) is 109 cm³/mol. The first kappa shape index (κ1) is 24.8. The van der Waals surface area contributed by atoms with Crippen LogP contribution < -0.4 is 0 Å². The molecule has 0 aromatic heterocycles. The zero-order chi connectivity index (χ0) is 22.9. The molecule has 0 aromatic carbocycles. The average Bonchev–Trinajstić information content (AvgIpc) is 3.05. The molecule has 0 aromatic rings. The van der Waals surface area contributed by atoms with E-state index < -0.39 is 53.0 Å². The summed E-state index contributed by atoms with van der Waals surface area (Å²) in [6.07, 6.45) is -0.380. The number of fused-ring (bicyclic) bond motifs is 2. The van der Waals surface area contributed by atoms with Gasteiger partial charge in [0.15, 0.2) is 0 Å². The molecule has 0 radical (unpaired) electrons. The number of rotatable bonds is 3. The van der Waals surface area contributed by atoms with Crippen LogP contribution in [0.15, 0.2) is 12.2 Å². The lowest BCUT2D eigenvalue weighted by atomic mass is 9.78. The Balaban J connectivity index is 2.41. The summed E-state index contributed by atoms with van der Waals surface area (Å²) in [6.45, 7) is 9.86. The number of aliphatic hydroxyl groups excluding tert-OH is 1. The Morgan fingerprint density at radius 1 is 1.03 bits per heavy atom. The molecule has 4 N–H and O–H groups in total. The van der Waals surface area contributed by atoms with Crippen LogP contribution >= 0.6 is 0 Å². The van der Waals surface area contributed by atoms with Crippen molar-refractivity contribution in [1.29, 1.82) is 0 Å². The minimum atomic E-state index is -1.49. The van der Waals surface area contributed by atoms with Crippen LogP contribution in [-0.4, -0.2) is 67.5 Å². The van der Waals surface area contributed by atoms with Crippen LogP contribution in [0.5, 0.6) is 0 Å². The van der Waals surface area contributed by atoms with E-state index in [1.54, 1.807) is 13.8 Å². The van der Waals surface area contributed by atoms with Gasteiger partial charge < -0.3 is 29.9 Å². The highest BCUT2D eigenvalue weighted by Crippen LogP contribution is 2.42. The van der Waals surface area contributed by atoms with Gasteiger partial charge in [0.25, 0.3) is 0 Å². The van der Waals surface area contributed by atoms with E-state index in [0.717, 1.165) is 0 Å². The summed E-state index contributed by atoms with van der Waals surface area (Å²) in [6, 6.07) is 0. The Labute approximate surface area is 177 Å². The van der Waals surface area contributed by atoms with Crippen LogP contribution in [0.4, 0.5) is 0 Å². The van der Waals surface area contributed by atoms with Crippen molar-refractivity contribution in [2.45, 2.75) is 108 Å². The van der Waals surface area contributed by atoms with E-state index in [4.69, 9.17) is 9.47 Å². The largest absolute Gasteiger partial charge is 0.478 e. The minimum Gasteiger partial charge on any atom is -0.478 e. The molecule has 2 heterocycles. The van der Waals surface area contributed by atoms with Gasteiger partial charge in [0.1, 0.15) is 6.10 Å². The molecule has 2 fully saturated rings. The maximum atomic E-state index is 11.7. The minimum absolute atomic E-state index is 0.0483. The number of carboxylic acids is 1. The molecule has 172 valence electrons. The zero-order valence-corrected chi connectivity index (χ0v) is 18.4. The molecular formula is C22H36O8. The first-order chi connectivity index (χ1) is 13.7. The molecule has 2 saturated heterocycles. The second kappa shape index (κ2) is 8.94. The third-order valence-corrected chi connectivity index (χ3v) is 6.90. The summed E-state index contributed by atoms with van der Waals surface area (Å²) >= 11 is 0. The number of carbonyl (C=O) groups is 2. The van der Waals surface area contributed by atoms with Crippen LogP contribution in [-0.2, 0) is 19.1 Å². The van der Waals surface area contributed by atoms with Gasteiger partial charge in [-0.25, -0.2) is 4.79 Å². The first-order valence-electron chi connectivity index (χ1n) is 10.6. The molecule has 2 aliphatic rings. The Morgan fingerprint density at radius 2 is 1.63 bits per heavy atom. The van der Waals surface area contributed by atoms with Crippen molar-refractivity contribution in [1.82, 2.24) is 0 Å². The normalized spacial score (nSPS) is 43.0. The molecule has 2 bridgehead atoms. The third-order valence-electron chi connectivity index (χ3n) is 6.90. The number of aliphatic hydroxyl groups is 3. The highest BCUT2D eigenvalue weighted by molar-refractivity contribution is 5.86. The van der Waals surface area contributed by atoms with Gasteiger partial charge in [-0.05, 0) is 71.6 Å². The molecule has 8 nitrogen and oxygen atoms in total. The fraction of sp³-hybridized carbons (Fsp3) is 0.818. The second-order valence-electron chi connectivity index (χ2n) is 9.63. The quantitative estimate of drug-likeness (QED) is 0.396. The molecule has 8 heteroatoms. The first-order valence-corrected chi connectivity index (χ1v) is 10.6. The van der Waals surface area contributed by atoms with Gasteiger partial charge in [0, 0.05) is 12.5 Å². The maximum Gasteiger partial charge on any atom is 0.331 e. The molecular weight excluding hydrogens is 392 g/mol. The second-order valence-corrected chi connectivity index (χ2v) is 9.63. The number of hydrogen-bond donors (Lipinski definition) is 4. The molecule has 7 atom stereocenters. The number of carbonyl (C=O) groups excluding carboxylic acids is 1. The van der Waals surface area contributed by atoms with E-state index in [1.807, 2.05) is 0 Å². The van der Waals surface area contributed by atoms with Gasteiger partial charge in [0.2, 0.25) is 0 Å². The van der Waals surface area contributed by atoms with E-state index in [-0.39, 0.29) is 37.7 Å². The molecule has 0 saturated carbocycles. The number of esters is 1. The topological polar surface area (TPSA) is 134 Å². The summed E-state index contributed by atoms with van der Waals surface area (Å²) in [7, 11) is 0. The number of carboxylic acid groups (broad SMARTS) is 1. The maximum absolute atomic E-state index is 11.7. The zero-order valence-electron chi connectivity index (χ0n) is 18.4. The van der Waals surface area contributed by atoms with Gasteiger partial charge in [-0.1, -0.05) is 6.58 Å². The highest BCUT2D eigenvalue weighted by atomic mass is 16.6. The van der Waals surface area contributed by atoms with Gasteiger partial charge in [0.05, 0.1) is 29.0 Å². The lowest BCUT2D eigenvalue weighted by Gasteiger charge is -2.36. The fourth-order valence-electron chi connectivity index (χ4n) is 4.56. The Bertz CT molecular complexity index is 670. The highest BCUT2D eigenvalue weighted by Gasteiger charge is 2.49. The van der Waals surface area contributed by atoms with Crippen molar-refractivity contribution in [2.75, 3.05) is 0 Å². The summed E-state index contributed by atoms with van der Waals surface area (Å²) in [5, 5.41) is 42.4. The monoisotopic (exact) mass is 428 g/mol. The number of aliphatic carboxylic acids is 1. The van der Waals surface area contributed by atoms with E-state index in [1.165, 1.54) is 13.8 Å². The standard InChI is InChI=1S/C22H36O8/c1-13(19(25)26)15-6-9-20(3,27)17-8-11-22(5,30-17)16(24)7-10-21(4,28)18(12-15)29-14(2)23/h15-18,24,27-28H,1,6-12H2,2-5H3,(H,25,26)/t15-,16+,17+,18-,20-,21+,22-/m1/s1. The SMILES string of the molecule is C=C(C(=O)O)[C@@H]1CC[C@@](C)(O)[C@@H]2CC[C@@](C)(O2)[C@@H](O)CC[C@](C)(O)[C@H](OC(C)=O)C1. The van der Waals surface area contributed by atoms with E-state index in [0.29, 0.717) is 12.8 Å². The lowest BCUT2D eigenvalue weighted by Crippen LogP contribution is -2.46. The smallest absolute Gasteiger partial charge is 0.331 e. The summed E-state index contributed by atoms with van der Waals surface area (Å²) in [5.41, 5.74) is -3.65. The third kappa shape index (κ3) is 5.60. The van der Waals surface area contributed by atoms with Gasteiger partial charge in [-0.2, -0.15) is 0 Å². The lowest BCUT2D eigenvalue weighted by molar-refractivity contribution is -0.169. The van der Waals surface area contributed by atoms with Gasteiger partial charge >= 0.3 is 11.9 Å². The van der Waals surface area contributed by atoms with Gasteiger partial charge in [-0.3, -0.25) is 4.79 Å². The van der Waals surface area contributed by atoms with Crippen molar-refractivity contribution in [3.05, 3.63) is 12.2 Å². The molecule has 0 amide bonds. The predicted octanol–water partition coefficient (Wildman–Crippen LogP) is 1.94. The van der Waals surface area contributed by atoms with Crippen molar-refractivity contribution >= 4 is 11.9 Å². The number of ether oxygens (including phenoxy) is 2. The van der Waals surface area contributed by atoms with Crippen molar-refractivity contribution < 1.29 is 39.5 Å². The molecule has 30 heavy (non-hydrogen) atoms. The summed E-state index contributed by atoms with van der Waals surface area (Å²) in [4.78, 5) is 23.3. The van der Waals surface area contributed by atoms with Gasteiger partial charge in [-0.15, -0.1) is 0 Å². The van der Waals surface area contributed by atoms with Crippen molar-refractivity contribution in [3.63, 3.8) is 0 Å². The Morgan fingerprint density at radius 3 is 2.20 bits per heavy atom. The van der Waals surface area contributed by atoms with E-state index >= 15 is 0 Å². The van der Waals surface area contributed by atoms with Crippen molar-refractivity contribution in [3.8, 4) is 0 Å². The molecule has 0 spiro atoms. The van der Waals surface area contributed by atoms with E-state index in [9.17, 15) is 30.0 Å². The Hall–Kier alpha value is -1.48. The average molecular weight is 429 g/mol. The summed E-state index contributed by atoms with van der Waals surface area (Å²) in [5.74, 6) is -2.39.